The van der Waals surface area contributed by atoms with E-state index in [0.717, 1.165) is 17.8 Å². The molecule has 0 aromatic heterocycles. The minimum Gasteiger partial charge on any atom is -0.176 e. The van der Waals surface area contributed by atoms with Gasteiger partial charge in [-0.2, -0.15) is 25.3 Å². The standard InChI is InChI=1S/C10H18S2/c1-6-5-8(10(6)12)7-3-2-4-9(7)11/h6-12H,2-5H2,1H3. The van der Waals surface area contributed by atoms with Gasteiger partial charge in [0.15, 0.2) is 0 Å². The van der Waals surface area contributed by atoms with Crippen LogP contribution in [0.5, 0.6) is 0 Å². The molecule has 12 heavy (non-hydrogen) atoms. The molecule has 0 heterocycles. The van der Waals surface area contributed by atoms with Crippen LogP contribution in [0.4, 0.5) is 0 Å². The quantitative estimate of drug-likeness (QED) is 0.600. The van der Waals surface area contributed by atoms with E-state index >= 15 is 0 Å². The van der Waals surface area contributed by atoms with Crippen LogP contribution in [0.25, 0.3) is 0 Å². The largest absolute Gasteiger partial charge is 0.176 e. The van der Waals surface area contributed by atoms with Gasteiger partial charge in [0.2, 0.25) is 0 Å². The van der Waals surface area contributed by atoms with Crippen molar-refractivity contribution in [3.8, 4) is 0 Å². The Morgan fingerprint density at radius 1 is 1.08 bits per heavy atom. The molecule has 2 heteroatoms. The molecule has 2 rings (SSSR count). The Bertz CT molecular complexity index is 169. The molecule has 0 spiro atoms. The average molecular weight is 202 g/mol. The van der Waals surface area contributed by atoms with Crippen LogP contribution < -0.4 is 0 Å². The number of rotatable bonds is 1. The Kier molecular flexibility index (Phi) is 2.66. The molecule has 70 valence electrons. The van der Waals surface area contributed by atoms with Crippen molar-refractivity contribution in [2.45, 2.75) is 43.1 Å². The summed E-state index contributed by atoms with van der Waals surface area (Å²) < 4.78 is 0. The van der Waals surface area contributed by atoms with Crippen molar-refractivity contribution in [2.75, 3.05) is 0 Å². The molecule has 2 saturated carbocycles. The fourth-order valence-electron chi connectivity index (χ4n) is 2.83. The molecule has 0 bridgehead atoms. The summed E-state index contributed by atoms with van der Waals surface area (Å²) in [4.78, 5) is 0. The fourth-order valence-corrected chi connectivity index (χ4v) is 3.85. The van der Waals surface area contributed by atoms with E-state index in [1.807, 2.05) is 0 Å². The first-order valence-corrected chi connectivity index (χ1v) is 6.09. The van der Waals surface area contributed by atoms with Crippen LogP contribution in [0.3, 0.4) is 0 Å². The van der Waals surface area contributed by atoms with Gasteiger partial charge in [0.25, 0.3) is 0 Å². The zero-order chi connectivity index (χ0) is 8.72. The lowest BCUT2D eigenvalue weighted by atomic mass is 9.68. The Labute approximate surface area is 86.3 Å². The van der Waals surface area contributed by atoms with Gasteiger partial charge < -0.3 is 0 Å². The van der Waals surface area contributed by atoms with Crippen LogP contribution in [0.2, 0.25) is 0 Å². The molecule has 5 unspecified atom stereocenters. The zero-order valence-corrected chi connectivity index (χ0v) is 9.40. The normalized spacial score (nSPS) is 53.8. The highest BCUT2D eigenvalue weighted by atomic mass is 32.1. The van der Waals surface area contributed by atoms with Crippen molar-refractivity contribution in [1.29, 1.82) is 0 Å². The molecular formula is C10H18S2. The third-order valence-corrected chi connectivity index (χ3v) is 5.28. The molecule has 0 amide bonds. The van der Waals surface area contributed by atoms with Crippen LogP contribution >= 0.6 is 25.3 Å². The summed E-state index contributed by atoms with van der Waals surface area (Å²) in [6.45, 7) is 2.32. The van der Waals surface area contributed by atoms with Crippen molar-refractivity contribution in [2.24, 2.45) is 17.8 Å². The van der Waals surface area contributed by atoms with Gasteiger partial charge in [-0.05, 0) is 37.0 Å². The second-order valence-corrected chi connectivity index (χ2v) is 5.79. The molecule has 0 aromatic carbocycles. The molecular weight excluding hydrogens is 184 g/mol. The van der Waals surface area contributed by atoms with Crippen molar-refractivity contribution in [3.05, 3.63) is 0 Å². The van der Waals surface area contributed by atoms with Gasteiger partial charge in [-0.1, -0.05) is 13.3 Å². The molecule has 5 atom stereocenters. The molecule has 2 fully saturated rings. The van der Waals surface area contributed by atoms with Crippen molar-refractivity contribution < 1.29 is 0 Å². The number of hydrogen-bond donors (Lipinski definition) is 2. The fraction of sp³-hybridized carbons (Fsp3) is 1.00. The summed E-state index contributed by atoms with van der Waals surface area (Å²) in [5.74, 6) is 2.61. The van der Waals surface area contributed by atoms with Crippen LogP contribution in [-0.4, -0.2) is 10.5 Å². The van der Waals surface area contributed by atoms with E-state index in [0.29, 0.717) is 10.5 Å². The minimum absolute atomic E-state index is 0.669. The van der Waals surface area contributed by atoms with Gasteiger partial charge in [-0.3, -0.25) is 0 Å². The first-order chi connectivity index (χ1) is 5.70. The molecule has 0 saturated heterocycles. The average Bonchev–Trinajstić information content (AvgIpc) is 2.46. The van der Waals surface area contributed by atoms with E-state index in [2.05, 4.69) is 32.2 Å². The van der Waals surface area contributed by atoms with Crippen LogP contribution in [0.1, 0.15) is 32.6 Å². The highest BCUT2D eigenvalue weighted by Gasteiger charge is 2.43. The number of thiol groups is 2. The second-order valence-electron chi connectivity index (χ2n) is 4.53. The van der Waals surface area contributed by atoms with Crippen LogP contribution in [0.15, 0.2) is 0 Å². The third kappa shape index (κ3) is 1.41. The maximum Gasteiger partial charge on any atom is 0.00739 e. The van der Waals surface area contributed by atoms with Crippen molar-refractivity contribution in [1.82, 2.24) is 0 Å². The SMILES string of the molecule is CC1CC(C2CCCC2S)C1S. The Hall–Kier alpha value is 0.700. The lowest BCUT2D eigenvalue weighted by Crippen LogP contribution is -2.42. The molecule has 0 radical (unpaired) electrons. The maximum absolute atomic E-state index is 4.66. The summed E-state index contributed by atoms with van der Waals surface area (Å²) >= 11 is 9.31. The van der Waals surface area contributed by atoms with Gasteiger partial charge in [-0.15, -0.1) is 0 Å². The highest BCUT2D eigenvalue weighted by molar-refractivity contribution is 7.81. The van der Waals surface area contributed by atoms with Crippen molar-refractivity contribution in [3.63, 3.8) is 0 Å². The van der Waals surface area contributed by atoms with E-state index in [1.54, 1.807) is 0 Å². The molecule has 0 N–H and O–H groups in total. The van der Waals surface area contributed by atoms with E-state index in [1.165, 1.54) is 25.7 Å². The molecule has 0 nitrogen and oxygen atoms in total. The monoisotopic (exact) mass is 202 g/mol. The maximum atomic E-state index is 4.66. The summed E-state index contributed by atoms with van der Waals surface area (Å²) in [6.07, 6.45) is 5.53. The summed E-state index contributed by atoms with van der Waals surface area (Å²) in [7, 11) is 0. The van der Waals surface area contributed by atoms with Crippen LogP contribution in [0, 0.1) is 17.8 Å². The van der Waals surface area contributed by atoms with E-state index in [9.17, 15) is 0 Å². The summed E-state index contributed by atoms with van der Waals surface area (Å²) in [6, 6.07) is 0. The molecule has 0 aromatic rings. The van der Waals surface area contributed by atoms with Crippen molar-refractivity contribution >= 4 is 25.3 Å². The Balaban J connectivity index is 1.93. The third-order valence-electron chi connectivity index (χ3n) is 3.75. The highest BCUT2D eigenvalue weighted by Crippen LogP contribution is 2.49. The summed E-state index contributed by atoms with van der Waals surface area (Å²) in [5, 5.41) is 1.35. The van der Waals surface area contributed by atoms with Gasteiger partial charge in [0.1, 0.15) is 0 Å². The summed E-state index contributed by atoms with van der Waals surface area (Å²) in [5.41, 5.74) is 0. The second kappa shape index (κ2) is 3.45. The molecule has 2 aliphatic carbocycles. The van der Waals surface area contributed by atoms with Crippen LogP contribution in [-0.2, 0) is 0 Å². The van der Waals surface area contributed by atoms with Gasteiger partial charge in [-0.25, -0.2) is 0 Å². The van der Waals surface area contributed by atoms with Gasteiger partial charge >= 0.3 is 0 Å². The van der Waals surface area contributed by atoms with Gasteiger partial charge in [0.05, 0.1) is 0 Å². The predicted octanol–water partition coefficient (Wildman–Crippen LogP) is 3.04. The lowest BCUT2D eigenvalue weighted by Gasteiger charge is -2.44. The van der Waals surface area contributed by atoms with E-state index < -0.39 is 0 Å². The smallest absolute Gasteiger partial charge is 0.00739 e. The van der Waals surface area contributed by atoms with E-state index in [-0.39, 0.29) is 0 Å². The lowest BCUT2D eigenvalue weighted by molar-refractivity contribution is 0.156. The minimum atomic E-state index is 0.669. The Morgan fingerprint density at radius 2 is 1.83 bits per heavy atom. The zero-order valence-electron chi connectivity index (χ0n) is 7.61. The first kappa shape index (κ1) is 9.26. The molecule has 2 aliphatic rings. The van der Waals surface area contributed by atoms with E-state index in [4.69, 9.17) is 0 Å². The predicted molar refractivity (Wildman–Crippen MR) is 60.2 cm³/mol. The first-order valence-electron chi connectivity index (χ1n) is 5.06. The topological polar surface area (TPSA) is 0 Å². The number of hydrogen-bond acceptors (Lipinski definition) is 2. The van der Waals surface area contributed by atoms with Gasteiger partial charge in [0, 0.05) is 10.5 Å². The Morgan fingerprint density at radius 3 is 2.25 bits per heavy atom. The molecule has 0 aliphatic heterocycles.